The molecule has 0 spiro atoms. The molecule has 1 aromatic rings. The van der Waals surface area contributed by atoms with Crippen molar-refractivity contribution in [2.75, 3.05) is 0 Å². The fraction of sp³-hybridized carbons (Fsp3) is 0.833. The van der Waals surface area contributed by atoms with Crippen LogP contribution in [-0.2, 0) is 6.54 Å². The number of rotatable bonds is 3. The van der Waals surface area contributed by atoms with E-state index in [1.165, 1.54) is 44.1 Å². The first-order chi connectivity index (χ1) is 9.85. The summed E-state index contributed by atoms with van der Waals surface area (Å²) >= 11 is 0. The van der Waals surface area contributed by atoms with Crippen LogP contribution in [0.25, 0.3) is 0 Å². The molecule has 3 nitrogen and oxygen atoms in total. The Labute approximate surface area is 128 Å². The molecule has 116 valence electrons. The monoisotopic (exact) mass is 287 g/mol. The van der Waals surface area contributed by atoms with Crippen LogP contribution in [0.2, 0.25) is 0 Å². The van der Waals surface area contributed by atoms with Crippen molar-refractivity contribution in [1.82, 2.24) is 9.78 Å². The van der Waals surface area contributed by atoms with Crippen molar-refractivity contribution < 1.29 is 0 Å². The molecule has 4 aliphatic carbocycles. The van der Waals surface area contributed by atoms with Gasteiger partial charge >= 0.3 is 0 Å². The molecule has 1 heterocycles. The van der Waals surface area contributed by atoms with Gasteiger partial charge in [-0.3, -0.25) is 4.68 Å². The van der Waals surface area contributed by atoms with Crippen molar-refractivity contribution in [2.24, 2.45) is 27.9 Å². The molecule has 0 saturated heterocycles. The lowest BCUT2D eigenvalue weighted by Gasteiger charge is -2.66. The summed E-state index contributed by atoms with van der Waals surface area (Å²) in [4.78, 5) is 0. The number of aryl methyl sites for hydroxylation is 1. The Bertz CT molecular complexity index is 543. The summed E-state index contributed by atoms with van der Waals surface area (Å²) in [6.45, 7) is 8.10. The first-order valence-corrected chi connectivity index (χ1v) is 8.63. The predicted molar refractivity (Wildman–Crippen MR) is 84.7 cm³/mol. The molecule has 5 rings (SSSR count). The second kappa shape index (κ2) is 4.13. The van der Waals surface area contributed by atoms with E-state index >= 15 is 0 Å². The predicted octanol–water partition coefficient (Wildman–Crippen LogP) is 3.90. The topological polar surface area (TPSA) is 43.8 Å². The molecular weight excluding hydrogens is 258 g/mol. The maximum Gasteiger partial charge on any atom is 0.0537 e. The van der Waals surface area contributed by atoms with Crippen LogP contribution in [0.15, 0.2) is 12.4 Å². The number of nitrogens with zero attached hydrogens (tertiary/aromatic N) is 2. The molecule has 0 aliphatic heterocycles. The Balaban J connectivity index is 1.70. The van der Waals surface area contributed by atoms with E-state index in [1.54, 1.807) is 0 Å². The van der Waals surface area contributed by atoms with Crippen molar-refractivity contribution in [3.63, 3.8) is 0 Å². The van der Waals surface area contributed by atoms with E-state index in [-0.39, 0.29) is 6.04 Å². The van der Waals surface area contributed by atoms with E-state index in [4.69, 9.17) is 5.73 Å². The van der Waals surface area contributed by atoms with Gasteiger partial charge in [-0.05, 0) is 67.6 Å². The number of hydrogen-bond acceptors (Lipinski definition) is 2. The van der Waals surface area contributed by atoms with E-state index in [2.05, 4.69) is 32.1 Å². The summed E-state index contributed by atoms with van der Waals surface area (Å²) in [6.07, 6.45) is 12.5. The average molecular weight is 287 g/mol. The number of nitrogens with two attached hydrogens (primary N) is 1. The molecule has 4 fully saturated rings. The van der Waals surface area contributed by atoms with Crippen LogP contribution in [-0.4, -0.2) is 9.78 Å². The van der Waals surface area contributed by atoms with Crippen LogP contribution in [0.3, 0.4) is 0 Å². The molecule has 4 bridgehead atoms. The molecular formula is C18H29N3. The third kappa shape index (κ3) is 2.00. The van der Waals surface area contributed by atoms with Gasteiger partial charge in [-0.1, -0.05) is 13.8 Å². The largest absolute Gasteiger partial charge is 0.323 e. The first kappa shape index (κ1) is 13.8. The third-order valence-corrected chi connectivity index (χ3v) is 6.67. The van der Waals surface area contributed by atoms with Gasteiger partial charge in [-0.25, -0.2) is 0 Å². The van der Waals surface area contributed by atoms with Gasteiger partial charge in [0.25, 0.3) is 0 Å². The lowest BCUT2D eigenvalue weighted by molar-refractivity contribution is -0.154. The summed E-state index contributed by atoms with van der Waals surface area (Å²) in [7, 11) is 0. The van der Waals surface area contributed by atoms with Crippen LogP contribution < -0.4 is 5.73 Å². The van der Waals surface area contributed by atoms with Gasteiger partial charge in [0.1, 0.15) is 0 Å². The minimum absolute atomic E-state index is 0.167. The summed E-state index contributed by atoms with van der Waals surface area (Å²) in [6, 6.07) is 0.167. The fourth-order valence-electron chi connectivity index (χ4n) is 6.95. The van der Waals surface area contributed by atoms with Crippen LogP contribution >= 0.6 is 0 Å². The summed E-state index contributed by atoms with van der Waals surface area (Å²) < 4.78 is 2.01. The van der Waals surface area contributed by atoms with Gasteiger partial charge in [0, 0.05) is 24.3 Å². The standard InChI is InChI=1S/C18H29N3/c1-4-21-9-14(8-20-21)15(19)18-7-13-5-16(2,11-18)10-17(3,6-13)12-18/h8-9,13,15H,4-7,10-12,19H2,1-3H3. The molecule has 0 radical (unpaired) electrons. The quantitative estimate of drug-likeness (QED) is 0.916. The molecule has 3 atom stereocenters. The molecule has 21 heavy (non-hydrogen) atoms. The van der Waals surface area contributed by atoms with Gasteiger partial charge in [0.05, 0.1) is 6.20 Å². The average Bonchev–Trinajstić information content (AvgIpc) is 2.81. The second-order valence-electron chi connectivity index (χ2n) is 9.10. The Morgan fingerprint density at radius 2 is 1.90 bits per heavy atom. The minimum Gasteiger partial charge on any atom is -0.323 e. The second-order valence-corrected chi connectivity index (χ2v) is 9.10. The summed E-state index contributed by atoms with van der Waals surface area (Å²) in [5.74, 6) is 0.906. The maximum absolute atomic E-state index is 6.83. The third-order valence-electron chi connectivity index (χ3n) is 6.67. The Hall–Kier alpha value is -0.830. The SMILES string of the molecule is CCn1cc(C(N)C23CC4CC(C)(CC(C)(C4)C2)C3)cn1. The van der Waals surface area contributed by atoms with Crippen LogP contribution in [0.5, 0.6) is 0 Å². The smallest absolute Gasteiger partial charge is 0.0537 e. The maximum atomic E-state index is 6.83. The van der Waals surface area contributed by atoms with Crippen molar-refractivity contribution in [1.29, 1.82) is 0 Å². The Morgan fingerprint density at radius 3 is 2.43 bits per heavy atom. The normalized spacial score (nSPS) is 46.0. The van der Waals surface area contributed by atoms with E-state index in [1.807, 2.05) is 10.9 Å². The number of hydrogen-bond donors (Lipinski definition) is 1. The molecule has 4 saturated carbocycles. The minimum atomic E-state index is 0.167. The van der Waals surface area contributed by atoms with Gasteiger partial charge in [0.15, 0.2) is 0 Å². The fourth-order valence-corrected chi connectivity index (χ4v) is 6.95. The highest BCUT2D eigenvalue weighted by atomic mass is 15.3. The zero-order chi connectivity index (χ0) is 14.9. The Kier molecular flexibility index (Phi) is 2.71. The highest BCUT2D eigenvalue weighted by Gasteiger charge is 2.61. The number of aromatic nitrogens is 2. The van der Waals surface area contributed by atoms with Crippen LogP contribution in [0.4, 0.5) is 0 Å². The van der Waals surface area contributed by atoms with Gasteiger partial charge in [0.2, 0.25) is 0 Å². The van der Waals surface area contributed by atoms with E-state index in [0.29, 0.717) is 16.2 Å². The van der Waals surface area contributed by atoms with Crippen molar-refractivity contribution in [2.45, 2.75) is 71.9 Å². The van der Waals surface area contributed by atoms with E-state index in [9.17, 15) is 0 Å². The highest BCUT2D eigenvalue weighted by molar-refractivity contribution is 5.20. The zero-order valence-electron chi connectivity index (χ0n) is 13.7. The molecule has 0 amide bonds. The molecule has 3 heteroatoms. The lowest BCUT2D eigenvalue weighted by atomic mass is 9.39. The van der Waals surface area contributed by atoms with Crippen molar-refractivity contribution in [3.8, 4) is 0 Å². The van der Waals surface area contributed by atoms with Gasteiger partial charge in [-0.15, -0.1) is 0 Å². The van der Waals surface area contributed by atoms with E-state index < -0.39 is 0 Å². The molecule has 1 aromatic heterocycles. The Morgan fingerprint density at radius 1 is 1.24 bits per heavy atom. The molecule has 0 aromatic carbocycles. The zero-order valence-corrected chi connectivity index (χ0v) is 13.7. The van der Waals surface area contributed by atoms with E-state index in [0.717, 1.165) is 12.5 Å². The van der Waals surface area contributed by atoms with Gasteiger partial charge in [-0.2, -0.15) is 5.10 Å². The van der Waals surface area contributed by atoms with Crippen molar-refractivity contribution >= 4 is 0 Å². The first-order valence-electron chi connectivity index (χ1n) is 8.63. The molecule has 2 N–H and O–H groups in total. The molecule has 4 aliphatic rings. The van der Waals surface area contributed by atoms with Crippen molar-refractivity contribution in [3.05, 3.63) is 18.0 Å². The summed E-state index contributed by atoms with van der Waals surface area (Å²) in [5.41, 5.74) is 9.47. The van der Waals surface area contributed by atoms with Crippen LogP contribution in [0, 0.1) is 22.2 Å². The molecule has 3 unspecified atom stereocenters. The van der Waals surface area contributed by atoms with Gasteiger partial charge < -0.3 is 5.73 Å². The summed E-state index contributed by atoms with van der Waals surface area (Å²) in [5, 5.41) is 4.45. The highest BCUT2D eigenvalue weighted by Crippen LogP contribution is 2.71. The van der Waals surface area contributed by atoms with Crippen LogP contribution in [0.1, 0.15) is 70.9 Å². The lowest BCUT2D eigenvalue weighted by Crippen LogP contribution is -2.58.